The van der Waals surface area contributed by atoms with E-state index in [1.54, 1.807) is 6.07 Å². The summed E-state index contributed by atoms with van der Waals surface area (Å²) in [6.07, 6.45) is -2.80. The molecule has 122 valence electrons. The molecule has 0 saturated heterocycles. The van der Waals surface area contributed by atoms with E-state index in [1.807, 2.05) is 11.8 Å². The largest absolute Gasteiger partial charge is 0.490 e. The smallest absolute Gasteiger partial charge is 0.446 e. The average Bonchev–Trinajstić information content (AvgIpc) is 2.50. The second kappa shape index (κ2) is 7.11. The van der Waals surface area contributed by atoms with Crippen LogP contribution in [0.2, 0.25) is 0 Å². The molecule has 0 saturated carbocycles. The van der Waals surface area contributed by atoms with E-state index in [2.05, 4.69) is 20.4 Å². The molecule has 2 N–H and O–H groups in total. The Morgan fingerprint density at radius 2 is 2.22 bits per heavy atom. The number of amides is 1. The Bertz CT molecular complexity index is 677. The zero-order valence-corrected chi connectivity index (χ0v) is 11.8. The van der Waals surface area contributed by atoms with Gasteiger partial charge in [0, 0.05) is 25.2 Å². The normalized spacial score (nSPS) is 13.3. The average molecular weight is 327 g/mol. The molecule has 0 atom stereocenters. The van der Waals surface area contributed by atoms with Crippen molar-refractivity contribution in [1.29, 1.82) is 0 Å². The van der Waals surface area contributed by atoms with Gasteiger partial charge in [0.05, 0.1) is 11.9 Å². The van der Waals surface area contributed by atoms with Gasteiger partial charge < -0.3 is 15.4 Å². The predicted molar refractivity (Wildman–Crippen MR) is 73.1 cm³/mol. The molecule has 0 aromatic carbocycles. The predicted octanol–water partition coefficient (Wildman–Crippen LogP) is 0.775. The number of nitrogens with zero attached hydrogens (tertiary/aromatic N) is 1. The van der Waals surface area contributed by atoms with E-state index in [-0.39, 0.29) is 0 Å². The second-order valence-corrected chi connectivity index (χ2v) is 4.59. The van der Waals surface area contributed by atoms with Crippen molar-refractivity contribution >= 4 is 17.6 Å². The van der Waals surface area contributed by atoms with Crippen LogP contribution in [0, 0.1) is 11.8 Å². The van der Waals surface area contributed by atoms with Gasteiger partial charge in [-0.2, -0.15) is 13.2 Å². The monoisotopic (exact) mass is 327 g/mol. The summed E-state index contributed by atoms with van der Waals surface area (Å²) >= 11 is 0. The summed E-state index contributed by atoms with van der Waals surface area (Å²) in [6.45, 7) is 0.664. The fourth-order valence-corrected chi connectivity index (χ4v) is 1.88. The Morgan fingerprint density at radius 1 is 1.43 bits per heavy atom. The number of ether oxygens (including phenoxy) is 1. The van der Waals surface area contributed by atoms with E-state index < -0.39 is 24.7 Å². The first-order chi connectivity index (χ1) is 10.9. The molecule has 1 aliphatic heterocycles. The van der Waals surface area contributed by atoms with Crippen LogP contribution in [-0.2, 0) is 27.3 Å². The molecule has 1 aromatic rings. The lowest BCUT2D eigenvalue weighted by atomic mass is 10.1. The standard InChI is InChI=1S/C14H12F3N3O3/c15-14(16,17)13(22)23-5-1-2-12(21)20-10-6-9-7-18-4-3-11(9)19-8-10/h6,8,18H,3-5,7H2,(H,20,21). The first-order valence-corrected chi connectivity index (χ1v) is 6.58. The van der Waals surface area contributed by atoms with Crippen molar-refractivity contribution in [2.75, 3.05) is 18.5 Å². The summed E-state index contributed by atoms with van der Waals surface area (Å²) in [5.41, 5.74) is 2.34. The van der Waals surface area contributed by atoms with Gasteiger partial charge >= 0.3 is 12.1 Å². The number of aromatic nitrogens is 1. The number of rotatable bonds is 2. The quantitative estimate of drug-likeness (QED) is 0.620. The number of anilines is 1. The van der Waals surface area contributed by atoms with E-state index in [0.29, 0.717) is 12.2 Å². The van der Waals surface area contributed by atoms with E-state index >= 15 is 0 Å². The molecule has 0 fully saturated rings. The van der Waals surface area contributed by atoms with Gasteiger partial charge in [0.15, 0.2) is 6.61 Å². The lowest BCUT2D eigenvalue weighted by Gasteiger charge is -2.16. The number of fused-ring (bicyclic) bond motifs is 1. The number of alkyl halides is 3. The van der Waals surface area contributed by atoms with Gasteiger partial charge in [-0.3, -0.25) is 9.78 Å². The summed E-state index contributed by atoms with van der Waals surface area (Å²) in [6, 6.07) is 1.75. The molecule has 9 heteroatoms. The van der Waals surface area contributed by atoms with Gasteiger partial charge in [-0.25, -0.2) is 4.79 Å². The van der Waals surface area contributed by atoms with Crippen molar-refractivity contribution in [3.05, 3.63) is 23.5 Å². The molecule has 0 unspecified atom stereocenters. The number of halogens is 3. The Labute approximate surface area is 129 Å². The minimum atomic E-state index is -5.08. The maximum atomic E-state index is 11.8. The highest BCUT2D eigenvalue weighted by atomic mass is 19.4. The molecule has 0 aliphatic carbocycles. The molecule has 0 radical (unpaired) electrons. The third-order valence-corrected chi connectivity index (χ3v) is 2.88. The van der Waals surface area contributed by atoms with E-state index in [0.717, 1.165) is 24.2 Å². The Balaban J connectivity index is 1.86. The number of pyridine rings is 1. The Kier molecular flexibility index (Phi) is 5.18. The van der Waals surface area contributed by atoms with Crippen LogP contribution < -0.4 is 10.6 Å². The SMILES string of the molecule is O=C(C#CCOC(=O)C(F)(F)F)Nc1cnc2c(c1)CNCC2. The number of hydrogen-bond donors (Lipinski definition) is 2. The summed E-state index contributed by atoms with van der Waals surface area (Å²) in [5.74, 6) is 0.977. The fraction of sp³-hybridized carbons (Fsp3) is 0.357. The van der Waals surface area contributed by atoms with Gasteiger partial charge in [-0.15, -0.1) is 0 Å². The number of carbonyl (C=O) groups excluding carboxylic acids is 2. The summed E-state index contributed by atoms with van der Waals surface area (Å²) in [5, 5.41) is 5.61. The second-order valence-electron chi connectivity index (χ2n) is 4.59. The van der Waals surface area contributed by atoms with Crippen LogP contribution in [0.3, 0.4) is 0 Å². The number of nitrogens with one attached hydrogen (secondary N) is 2. The molecule has 2 heterocycles. The molecule has 2 rings (SSSR count). The van der Waals surface area contributed by atoms with Crippen molar-refractivity contribution in [2.24, 2.45) is 0 Å². The molecule has 1 amide bonds. The summed E-state index contributed by atoms with van der Waals surface area (Å²) in [7, 11) is 0. The van der Waals surface area contributed by atoms with Crippen LogP contribution in [-0.4, -0.2) is 36.2 Å². The third-order valence-electron chi connectivity index (χ3n) is 2.88. The zero-order valence-electron chi connectivity index (χ0n) is 11.8. The van der Waals surface area contributed by atoms with Crippen LogP contribution in [0.5, 0.6) is 0 Å². The maximum absolute atomic E-state index is 11.8. The molecule has 0 spiro atoms. The molecule has 0 bridgehead atoms. The molecular weight excluding hydrogens is 315 g/mol. The van der Waals surface area contributed by atoms with E-state index in [1.165, 1.54) is 6.20 Å². The minimum Gasteiger partial charge on any atom is -0.446 e. The van der Waals surface area contributed by atoms with Gasteiger partial charge in [-0.05, 0) is 17.6 Å². The van der Waals surface area contributed by atoms with Crippen LogP contribution in [0.4, 0.5) is 18.9 Å². The fourth-order valence-electron chi connectivity index (χ4n) is 1.88. The molecule has 23 heavy (non-hydrogen) atoms. The highest BCUT2D eigenvalue weighted by molar-refractivity contribution is 6.03. The highest BCUT2D eigenvalue weighted by Crippen LogP contribution is 2.16. The van der Waals surface area contributed by atoms with Gasteiger partial charge in [-0.1, -0.05) is 5.92 Å². The summed E-state index contributed by atoms with van der Waals surface area (Å²) in [4.78, 5) is 26.2. The highest BCUT2D eigenvalue weighted by Gasteiger charge is 2.40. The molecule has 1 aromatic heterocycles. The molecular formula is C14H12F3N3O3. The van der Waals surface area contributed by atoms with Crippen LogP contribution in [0.1, 0.15) is 11.3 Å². The van der Waals surface area contributed by atoms with Crippen molar-refractivity contribution in [2.45, 2.75) is 19.1 Å². The lowest BCUT2D eigenvalue weighted by Crippen LogP contribution is -2.25. The topological polar surface area (TPSA) is 80.3 Å². The van der Waals surface area contributed by atoms with Gasteiger partial charge in [0.2, 0.25) is 0 Å². The maximum Gasteiger partial charge on any atom is 0.490 e. The first kappa shape index (κ1) is 16.8. The number of hydrogen-bond acceptors (Lipinski definition) is 5. The first-order valence-electron chi connectivity index (χ1n) is 6.58. The van der Waals surface area contributed by atoms with Crippen molar-refractivity contribution in [3.63, 3.8) is 0 Å². The lowest BCUT2D eigenvalue weighted by molar-refractivity contribution is -0.198. The van der Waals surface area contributed by atoms with E-state index in [4.69, 9.17) is 0 Å². The van der Waals surface area contributed by atoms with Crippen LogP contribution in [0.15, 0.2) is 12.3 Å². The van der Waals surface area contributed by atoms with Crippen molar-refractivity contribution in [1.82, 2.24) is 10.3 Å². The number of esters is 1. The minimum absolute atomic E-state index is 0.430. The molecule has 6 nitrogen and oxygen atoms in total. The van der Waals surface area contributed by atoms with E-state index in [9.17, 15) is 22.8 Å². The molecule has 1 aliphatic rings. The summed E-state index contributed by atoms with van der Waals surface area (Å²) < 4.78 is 39.4. The van der Waals surface area contributed by atoms with Crippen LogP contribution >= 0.6 is 0 Å². The third kappa shape index (κ3) is 4.96. The van der Waals surface area contributed by atoms with Gasteiger partial charge in [0.1, 0.15) is 0 Å². The Hall–Kier alpha value is -2.60. The zero-order chi connectivity index (χ0) is 16.9. The van der Waals surface area contributed by atoms with Crippen molar-refractivity contribution < 1.29 is 27.5 Å². The van der Waals surface area contributed by atoms with Gasteiger partial charge in [0.25, 0.3) is 5.91 Å². The van der Waals surface area contributed by atoms with Crippen molar-refractivity contribution in [3.8, 4) is 11.8 Å². The van der Waals surface area contributed by atoms with Crippen LogP contribution in [0.25, 0.3) is 0 Å². The number of carbonyl (C=O) groups is 2. The Morgan fingerprint density at radius 3 is 2.96 bits per heavy atom.